The van der Waals surface area contributed by atoms with Crippen LogP contribution < -0.4 is 5.32 Å². The monoisotopic (exact) mass is 288 g/mol. The number of rotatable bonds is 5. The summed E-state index contributed by atoms with van der Waals surface area (Å²) in [7, 11) is 0. The smallest absolute Gasteiger partial charge is 0.404 e. The lowest BCUT2D eigenvalue weighted by molar-refractivity contribution is -0.402. The molecule has 2 aromatic rings. The fourth-order valence-electron chi connectivity index (χ4n) is 1.63. The Bertz CT molecular complexity index is 746. The molecular weight excluding hydrogens is 280 g/mol. The Morgan fingerprint density at radius 3 is 2.52 bits per heavy atom. The number of nitrogens with one attached hydrogen (secondary N) is 1. The van der Waals surface area contributed by atoms with Gasteiger partial charge in [0.15, 0.2) is 0 Å². The van der Waals surface area contributed by atoms with E-state index in [2.05, 4.69) is 5.32 Å². The molecule has 0 unspecified atom stereocenters. The van der Waals surface area contributed by atoms with E-state index in [1.54, 1.807) is 0 Å². The lowest BCUT2D eigenvalue weighted by atomic mass is 10.1. The number of nitrogens with zero attached hydrogens (tertiary/aromatic N) is 3. The molecular formula is C12H8N4O5. The van der Waals surface area contributed by atoms with Crippen molar-refractivity contribution in [3.8, 4) is 6.07 Å². The van der Waals surface area contributed by atoms with Gasteiger partial charge in [0, 0.05) is 12.1 Å². The van der Waals surface area contributed by atoms with Gasteiger partial charge in [-0.1, -0.05) is 0 Å². The highest BCUT2D eigenvalue weighted by molar-refractivity contribution is 5.61. The number of anilines is 1. The Hall–Kier alpha value is -3.41. The van der Waals surface area contributed by atoms with Crippen molar-refractivity contribution in [1.82, 2.24) is 0 Å². The summed E-state index contributed by atoms with van der Waals surface area (Å²) in [4.78, 5) is 19.8. The van der Waals surface area contributed by atoms with Crippen LogP contribution >= 0.6 is 0 Å². The minimum Gasteiger partial charge on any atom is -0.404 e. The van der Waals surface area contributed by atoms with Gasteiger partial charge in [0.2, 0.25) is 0 Å². The summed E-state index contributed by atoms with van der Waals surface area (Å²) in [5.74, 6) is -0.0695. The van der Waals surface area contributed by atoms with E-state index in [4.69, 9.17) is 9.68 Å². The summed E-state index contributed by atoms with van der Waals surface area (Å²) in [5.41, 5.74) is 0.290. The Morgan fingerprint density at radius 1 is 1.19 bits per heavy atom. The maximum atomic E-state index is 10.6. The van der Waals surface area contributed by atoms with Crippen molar-refractivity contribution < 1.29 is 14.3 Å². The summed E-state index contributed by atoms with van der Waals surface area (Å²) < 4.78 is 4.95. The van der Waals surface area contributed by atoms with Crippen LogP contribution in [0.15, 0.2) is 34.7 Å². The van der Waals surface area contributed by atoms with E-state index in [-0.39, 0.29) is 23.7 Å². The zero-order valence-corrected chi connectivity index (χ0v) is 10.5. The van der Waals surface area contributed by atoms with Crippen molar-refractivity contribution >= 4 is 17.3 Å². The molecule has 1 heterocycles. The van der Waals surface area contributed by atoms with E-state index in [1.807, 2.05) is 6.07 Å². The maximum absolute atomic E-state index is 10.6. The summed E-state index contributed by atoms with van der Waals surface area (Å²) in [6, 6.07) is 8.30. The first-order valence-corrected chi connectivity index (χ1v) is 5.67. The molecule has 1 N–H and O–H groups in total. The van der Waals surface area contributed by atoms with Crippen LogP contribution in [0.1, 0.15) is 11.3 Å². The van der Waals surface area contributed by atoms with Crippen molar-refractivity contribution in [2.24, 2.45) is 0 Å². The number of non-ortho nitro benzene ring substituents is 1. The summed E-state index contributed by atoms with van der Waals surface area (Å²) in [6.45, 7) is 0.111. The molecule has 0 aliphatic heterocycles. The van der Waals surface area contributed by atoms with Gasteiger partial charge < -0.3 is 9.73 Å². The highest BCUT2D eigenvalue weighted by Gasteiger charge is 2.13. The molecule has 0 aliphatic carbocycles. The van der Waals surface area contributed by atoms with Gasteiger partial charge >= 0.3 is 5.88 Å². The minimum atomic E-state index is -0.657. The summed E-state index contributed by atoms with van der Waals surface area (Å²) in [6.07, 6.45) is 0. The molecule has 0 atom stereocenters. The number of hydrogen-bond acceptors (Lipinski definition) is 7. The SMILES string of the molecule is N#Cc1cc([N+](=O)[O-])ccc1NCc1ccc([N+](=O)[O-])o1. The molecule has 0 saturated carbocycles. The number of nitriles is 1. The van der Waals surface area contributed by atoms with Gasteiger partial charge in [-0.15, -0.1) is 0 Å². The third-order valence-electron chi connectivity index (χ3n) is 2.61. The van der Waals surface area contributed by atoms with E-state index in [1.165, 1.54) is 24.3 Å². The summed E-state index contributed by atoms with van der Waals surface area (Å²) >= 11 is 0. The molecule has 0 saturated heterocycles. The van der Waals surface area contributed by atoms with E-state index in [0.29, 0.717) is 11.4 Å². The van der Waals surface area contributed by atoms with Crippen LogP contribution in [0.25, 0.3) is 0 Å². The molecule has 1 aromatic carbocycles. The third kappa shape index (κ3) is 3.13. The largest absolute Gasteiger partial charge is 0.433 e. The molecule has 0 amide bonds. The van der Waals surface area contributed by atoms with E-state index in [0.717, 1.165) is 6.07 Å². The molecule has 0 aliphatic rings. The zero-order valence-electron chi connectivity index (χ0n) is 10.5. The van der Waals surface area contributed by atoms with Gasteiger partial charge in [0.25, 0.3) is 5.69 Å². The lowest BCUT2D eigenvalue weighted by Crippen LogP contribution is -2.01. The van der Waals surface area contributed by atoms with E-state index < -0.39 is 9.85 Å². The Balaban J connectivity index is 2.14. The fourth-order valence-corrected chi connectivity index (χ4v) is 1.63. The number of nitro groups is 2. The first kappa shape index (κ1) is 14.0. The number of hydrogen-bond donors (Lipinski definition) is 1. The molecule has 0 spiro atoms. The average molecular weight is 288 g/mol. The fraction of sp³-hybridized carbons (Fsp3) is 0.0833. The second kappa shape index (κ2) is 5.70. The van der Waals surface area contributed by atoms with Crippen molar-refractivity contribution in [2.45, 2.75) is 6.54 Å². The molecule has 0 radical (unpaired) electrons. The number of nitro benzene ring substituents is 1. The topological polar surface area (TPSA) is 135 Å². The summed E-state index contributed by atoms with van der Waals surface area (Å²) in [5, 5.41) is 32.9. The Morgan fingerprint density at radius 2 is 1.95 bits per heavy atom. The third-order valence-corrected chi connectivity index (χ3v) is 2.61. The van der Waals surface area contributed by atoms with Gasteiger partial charge in [0.05, 0.1) is 28.8 Å². The van der Waals surface area contributed by atoms with Gasteiger partial charge in [-0.25, -0.2) is 0 Å². The number of benzene rings is 1. The molecule has 9 heteroatoms. The predicted molar refractivity (Wildman–Crippen MR) is 70.5 cm³/mol. The van der Waals surface area contributed by atoms with Crippen LogP contribution in [0.2, 0.25) is 0 Å². The molecule has 0 bridgehead atoms. The number of furan rings is 1. The maximum Gasteiger partial charge on any atom is 0.433 e. The molecule has 1 aromatic heterocycles. The first-order valence-electron chi connectivity index (χ1n) is 5.67. The predicted octanol–water partition coefficient (Wildman–Crippen LogP) is 2.58. The second-order valence-corrected chi connectivity index (χ2v) is 3.95. The van der Waals surface area contributed by atoms with Gasteiger partial charge in [-0.05, 0) is 12.1 Å². The van der Waals surface area contributed by atoms with Crippen molar-refractivity contribution in [3.63, 3.8) is 0 Å². The van der Waals surface area contributed by atoms with Crippen LogP contribution in [-0.4, -0.2) is 9.85 Å². The minimum absolute atomic E-state index is 0.102. The second-order valence-electron chi connectivity index (χ2n) is 3.95. The van der Waals surface area contributed by atoms with E-state index in [9.17, 15) is 20.2 Å². The zero-order chi connectivity index (χ0) is 15.4. The van der Waals surface area contributed by atoms with Crippen LogP contribution in [0.5, 0.6) is 0 Å². The first-order chi connectivity index (χ1) is 10.0. The molecule has 2 rings (SSSR count). The Labute approximate surface area is 117 Å². The molecule has 0 fully saturated rings. The van der Waals surface area contributed by atoms with Crippen LogP contribution in [0.3, 0.4) is 0 Å². The Kier molecular flexibility index (Phi) is 3.80. The average Bonchev–Trinajstić information content (AvgIpc) is 2.93. The van der Waals surface area contributed by atoms with Gasteiger partial charge in [0.1, 0.15) is 16.8 Å². The quantitative estimate of drug-likeness (QED) is 0.659. The van der Waals surface area contributed by atoms with Crippen molar-refractivity contribution in [3.05, 3.63) is 61.9 Å². The lowest BCUT2D eigenvalue weighted by Gasteiger charge is -2.05. The van der Waals surface area contributed by atoms with Crippen molar-refractivity contribution in [1.29, 1.82) is 5.26 Å². The van der Waals surface area contributed by atoms with Gasteiger partial charge in [-0.2, -0.15) is 5.26 Å². The molecule has 21 heavy (non-hydrogen) atoms. The van der Waals surface area contributed by atoms with Gasteiger partial charge in [-0.3, -0.25) is 20.2 Å². The highest BCUT2D eigenvalue weighted by Crippen LogP contribution is 2.23. The van der Waals surface area contributed by atoms with Crippen LogP contribution in [0.4, 0.5) is 17.3 Å². The standard InChI is InChI=1S/C12H8N4O5/c13-6-8-5-9(15(17)18)1-3-11(8)14-7-10-2-4-12(21-10)16(19)20/h1-5,14H,7H2. The highest BCUT2D eigenvalue weighted by atomic mass is 16.6. The molecule has 9 nitrogen and oxygen atoms in total. The normalized spacial score (nSPS) is 9.86. The van der Waals surface area contributed by atoms with Crippen LogP contribution in [-0.2, 0) is 6.54 Å². The molecule has 106 valence electrons. The van der Waals surface area contributed by atoms with Crippen LogP contribution in [0, 0.1) is 31.6 Å². The van der Waals surface area contributed by atoms with Crippen molar-refractivity contribution in [2.75, 3.05) is 5.32 Å². The van der Waals surface area contributed by atoms with E-state index >= 15 is 0 Å².